The third-order valence-corrected chi connectivity index (χ3v) is 2.83. The number of hydrogen-bond acceptors (Lipinski definition) is 2. The fourth-order valence-electron chi connectivity index (χ4n) is 1.97. The van der Waals surface area contributed by atoms with Gasteiger partial charge in [0, 0.05) is 12.3 Å². The lowest BCUT2D eigenvalue weighted by Gasteiger charge is -2.44. The number of alkyl halides is 3. The van der Waals surface area contributed by atoms with Crippen molar-refractivity contribution in [2.45, 2.75) is 30.9 Å². The van der Waals surface area contributed by atoms with E-state index in [2.05, 4.69) is 4.74 Å². The van der Waals surface area contributed by atoms with E-state index >= 15 is 0 Å². The molecule has 2 unspecified atom stereocenters. The van der Waals surface area contributed by atoms with Gasteiger partial charge in [0.15, 0.2) is 5.79 Å². The molecular weight excluding hydrogens is 221 g/mol. The first-order valence-electron chi connectivity index (χ1n) is 4.95. The van der Waals surface area contributed by atoms with Gasteiger partial charge >= 0.3 is 6.36 Å². The molecule has 2 atom stereocenters. The summed E-state index contributed by atoms with van der Waals surface area (Å²) in [7, 11) is 0. The molecule has 1 N–H and O–H groups in total. The first-order valence-corrected chi connectivity index (χ1v) is 4.95. The topological polar surface area (TPSA) is 29.5 Å². The lowest BCUT2D eigenvalue weighted by molar-refractivity contribution is -0.430. The molecule has 0 heterocycles. The van der Waals surface area contributed by atoms with Gasteiger partial charge in [-0.15, -0.1) is 13.2 Å². The molecule has 0 aliphatic heterocycles. The average molecular weight is 232 g/mol. The number of rotatable bonds is 2. The highest BCUT2D eigenvalue weighted by Crippen LogP contribution is 2.49. The molecule has 0 aromatic heterocycles. The van der Waals surface area contributed by atoms with Gasteiger partial charge in [0.25, 0.3) is 0 Å². The maximum absolute atomic E-state index is 12.1. The van der Waals surface area contributed by atoms with Crippen LogP contribution < -0.4 is 0 Å². The van der Waals surface area contributed by atoms with Gasteiger partial charge in [0.1, 0.15) is 0 Å². The van der Waals surface area contributed by atoms with Crippen molar-refractivity contribution < 1.29 is 23.0 Å². The maximum atomic E-state index is 12.1. The van der Waals surface area contributed by atoms with Crippen LogP contribution in [-0.2, 0) is 4.74 Å². The van der Waals surface area contributed by atoms with E-state index in [4.69, 9.17) is 0 Å². The molecule has 0 radical (unpaired) electrons. The molecule has 1 fully saturated rings. The summed E-state index contributed by atoms with van der Waals surface area (Å²) in [5.74, 6) is -2.70. The van der Waals surface area contributed by atoms with Crippen LogP contribution in [0.25, 0.3) is 0 Å². The number of halogens is 3. The highest BCUT2D eigenvalue weighted by atomic mass is 19.4. The quantitative estimate of drug-likeness (QED) is 0.794. The van der Waals surface area contributed by atoms with E-state index in [9.17, 15) is 18.3 Å². The lowest BCUT2D eigenvalue weighted by Crippen LogP contribution is -2.50. The van der Waals surface area contributed by atoms with Crippen molar-refractivity contribution in [2.75, 3.05) is 0 Å². The third-order valence-electron chi connectivity index (χ3n) is 2.83. The van der Waals surface area contributed by atoms with Gasteiger partial charge in [0.2, 0.25) is 0 Å². The molecule has 1 saturated carbocycles. The Bertz CT molecular complexity index is 363. The van der Waals surface area contributed by atoms with Crippen molar-refractivity contribution in [3.63, 3.8) is 0 Å². The Kier molecular flexibility index (Phi) is 2.67. The predicted octanol–water partition coefficient (Wildman–Crippen LogP) is 2.79. The van der Waals surface area contributed by atoms with E-state index in [0.717, 1.165) is 0 Å². The SMILES string of the molecule is OC1(OC(F)(F)F)CCC1c1ccccc1. The van der Waals surface area contributed by atoms with Crippen LogP contribution in [0.15, 0.2) is 30.3 Å². The Morgan fingerprint density at radius 1 is 1.25 bits per heavy atom. The van der Waals surface area contributed by atoms with Gasteiger partial charge in [-0.05, 0) is 12.0 Å². The highest BCUT2D eigenvalue weighted by Gasteiger charge is 2.53. The van der Waals surface area contributed by atoms with E-state index < -0.39 is 18.1 Å². The Hall–Kier alpha value is -1.07. The molecule has 1 aliphatic carbocycles. The van der Waals surface area contributed by atoms with Crippen molar-refractivity contribution in [1.29, 1.82) is 0 Å². The summed E-state index contributed by atoms with van der Waals surface area (Å²) in [6, 6.07) is 8.60. The average Bonchev–Trinajstić information content (AvgIpc) is 2.15. The van der Waals surface area contributed by atoms with E-state index in [-0.39, 0.29) is 6.42 Å². The van der Waals surface area contributed by atoms with E-state index in [1.54, 1.807) is 30.3 Å². The zero-order valence-corrected chi connectivity index (χ0v) is 8.37. The van der Waals surface area contributed by atoms with Crippen molar-refractivity contribution in [2.24, 2.45) is 0 Å². The number of ether oxygens (including phenoxy) is 1. The molecule has 1 aromatic carbocycles. The minimum atomic E-state index is -4.80. The standard InChI is InChI=1S/C11H11F3O2/c12-11(13,14)16-10(15)7-6-9(10)8-4-2-1-3-5-8/h1-5,9,15H,6-7H2. The molecule has 0 saturated heterocycles. The van der Waals surface area contributed by atoms with Gasteiger partial charge in [-0.25, -0.2) is 0 Å². The molecule has 1 aliphatic rings. The molecule has 0 bridgehead atoms. The monoisotopic (exact) mass is 232 g/mol. The first kappa shape index (κ1) is 11.4. The summed E-state index contributed by atoms with van der Waals surface area (Å²) in [5, 5.41) is 9.72. The molecule has 5 heteroatoms. The van der Waals surface area contributed by atoms with Gasteiger partial charge < -0.3 is 5.11 Å². The van der Waals surface area contributed by atoms with Crippen molar-refractivity contribution in [1.82, 2.24) is 0 Å². The molecule has 2 nitrogen and oxygen atoms in total. The Balaban J connectivity index is 2.14. The van der Waals surface area contributed by atoms with Crippen LogP contribution in [-0.4, -0.2) is 17.3 Å². The van der Waals surface area contributed by atoms with Gasteiger partial charge in [0.05, 0.1) is 0 Å². The predicted molar refractivity (Wildman–Crippen MR) is 50.5 cm³/mol. The third kappa shape index (κ3) is 2.20. The van der Waals surface area contributed by atoms with Gasteiger partial charge in [-0.1, -0.05) is 30.3 Å². The first-order chi connectivity index (χ1) is 7.41. The van der Waals surface area contributed by atoms with Crippen molar-refractivity contribution in [3.05, 3.63) is 35.9 Å². The Morgan fingerprint density at radius 2 is 1.88 bits per heavy atom. The van der Waals surface area contributed by atoms with E-state index in [1.807, 2.05) is 0 Å². The summed E-state index contributed by atoms with van der Waals surface area (Å²) >= 11 is 0. The van der Waals surface area contributed by atoms with Crippen LogP contribution in [0.2, 0.25) is 0 Å². The summed E-state index contributed by atoms with van der Waals surface area (Å²) in [6.45, 7) is 0. The van der Waals surface area contributed by atoms with Crippen molar-refractivity contribution >= 4 is 0 Å². The molecule has 0 spiro atoms. The fourth-order valence-corrected chi connectivity index (χ4v) is 1.97. The lowest BCUT2D eigenvalue weighted by atomic mass is 9.73. The molecule has 1 aromatic rings. The maximum Gasteiger partial charge on any atom is 0.524 e. The number of benzene rings is 1. The van der Waals surface area contributed by atoms with Crippen LogP contribution in [0.5, 0.6) is 0 Å². The van der Waals surface area contributed by atoms with Crippen molar-refractivity contribution in [3.8, 4) is 0 Å². The molecule has 88 valence electrons. The Morgan fingerprint density at radius 3 is 2.31 bits per heavy atom. The molecule has 0 amide bonds. The zero-order chi connectivity index (χ0) is 11.8. The normalized spacial score (nSPS) is 29.9. The summed E-state index contributed by atoms with van der Waals surface area (Å²) in [6.07, 6.45) is -4.30. The second-order valence-corrected chi connectivity index (χ2v) is 3.89. The van der Waals surface area contributed by atoms with Crippen LogP contribution >= 0.6 is 0 Å². The molecular formula is C11H11F3O2. The summed E-state index contributed by atoms with van der Waals surface area (Å²) in [4.78, 5) is 0. The highest BCUT2D eigenvalue weighted by molar-refractivity contribution is 5.24. The van der Waals surface area contributed by atoms with E-state index in [0.29, 0.717) is 12.0 Å². The van der Waals surface area contributed by atoms with Gasteiger partial charge in [-0.3, -0.25) is 4.74 Å². The molecule has 2 rings (SSSR count). The van der Waals surface area contributed by atoms with Crippen LogP contribution in [0.1, 0.15) is 24.3 Å². The van der Waals surface area contributed by atoms with Crippen LogP contribution in [0, 0.1) is 0 Å². The summed E-state index contributed by atoms with van der Waals surface area (Å²) in [5.41, 5.74) is 0.667. The molecule has 16 heavy (non-hydrogen) atoms. The number of hydrogen-bond donors (Lipinski definition) is 1. The van der Waals surface area contributed by atoms with Gasteiger partial charge in [-0.2, -0.15) is 0 Å². The second-order valence-electron chi connectivity index (χ2n) is 3.89. The summed E-state index contributed by atoms with van der Waals surface area (Å²) < 4.78 is 40.0. The smallest absolute Gasteiger partial charge is 0.365 e. The Labute approximate surface area is 90.7 Å². The second kappa shape index (κ2) is 3.75. The van der Waals surface area contributed by atoms with Crippen LogP contribution in [0.3, 0.4) is 0 Å². The zero-order valence-electron chi connectivity index (χ0n) is 8.37. The van der Waals surface area contributed by atoms with Crippen LogP contribution in [0.4, 0.5) is 13.2 Å². The number of aliphatic hydroxyl groups is 1. The minimum Gasteiger partial charge on any atom is -0.365 e. The largest absolute Gasteiger partial charge is 0.524 e. The van der Waals surface area contributed by atoms with E-state index in [1.165, 1.54) is 0 Å². The minimum absolute atomic E-state index is 0.00602. The fraction of sp³-hybridized carbons (Fsp3) is 0.455.